The molecule has 19 heavy (non-hydrogen) atoms. The Morgan fingerprint density at radius 3 is 2.53 bits per heavy atom. The standard InChI is InChI=1S/C15H13BrF2O/c1-9-4-11(6-13(17)5-9)15(19)7-10-2-3-12(16)8-14(10)18/h2-6,8,15,19H,7H2,1H3. The van der Waals surface area contributed by atoms with E-state index in [9.17, 15) is 13.9 Å². The zero-order chi connectivity index (χ0) is 14.0. The molecule has 0 radical (unpaired) electrons. The molecule has 0 heterocycles. The summed E-state index contributed by atoms with van der Waals surface area (Å²) in [5.74, 6) is -0.785. The van der Waals surface area contributed by atoms with E-state index >= 15 is 0 Å². The third-order valence-electron chi connectivity index (χ3n) is 2.88. The first-order valence-electron chi connectivity index (χ1n) is 5.85. The van der Waals surface area contributed by atoms with Crippen molar-refractivity contribution in [3.05, 3.63) is 69.2 Å². The van der Waals surface area contributed by atoms with Crippen LogP contribution in [0.2, 0.25) is 0 Å². The van der Waals surface area contributed by atoms with Crippen LogP contribution in [-0.2, 0) is 6.42 Å². The molecule has 0 spiro atoms. The summed E-state index contributed by atoms with van der Waals surface area (Å²) in [6, 6.07) is 9.02. The Morgan fingerprint density at radius 2 is 1.89 bits per heavy atom. The largest absolute Gasteiger partial charge is 0.388 e. The normalized spacial score (nSPS) is 12.5. The van der Waals surface area contributed by atoms with E-state index < -0.39 is 11.9 Å². The van der Waals surface area contributed by atoms with Gasteiger partial charge in [-0.3, -0.25) is 0 Å². The maximum Gasteiger partial charge on any atom is 0.127 e. The molecule has 0 saturated carbocycles. The van der Waals surface area contributed by atoms with Gasteiger partial charge in [-0.1, -0.05) is 28.1 Å². The van der Waals surface area contributed by atoms with Gasteiger partial charge in [-0.15, -0.1) is 0 Å². The van der Waals surface area contributed by atoms with E-state index in [0.717, 1.165) is 5.56 Å². The van der Waals surface area contributed by atoms with Crippen LogP contribution in [0.5, 0.6) is 0 Å². The van der Waals surface area contributed by atoms with E-state index in [1.165, 1.54) is 18.2 Å². The van der Waals surface area contributed by atoms with Gasteiger partial charge >= 0.3 is 0 Å². The molecule has 1 N–H and O–H groups in total. The fourth-order valence-electron chi connectivity index (χ4n) is 1.97. The zero-order valence-corrected chi connectivity index (χ0v) is 11.9. The minimum atomic E-state index is -0.926. The van der Waals surface area contributed by atoms with Gasteiger partial charge in [-0.25, -0.2) is 8.78 Å². The molecule has 100 valence electrons. The highest BCUT2D eigenvalue weighted by Gasteiger charge is 2.13. The molecule has 0 saturated heterocycles. The lowest BCUT2D eigenvalue weighted by Crippen LogP contribution is -2.04. The van der Waals surface area contributed by atoms with Crippen molar-refractivity contribution in [1.82, 2.24) is 0 Å². The Bertz CT molecular complexity index is 578. The van der Waals surface area contributed by atoms with Gasteiger partial charge in [0, 0.05) is 10.9 Å². The van der Waals surface area contributed by atoms with Gasteiger partial charge in [-0.05, 0) is 47.9 Å². The van der Waals surface area contributed by atoms with Crippen LogP contribution in [0.25, 0.3) is 0 Å². The predicted molar refractivity (Wildman–Crippen MR) is 73.9 cm³/mol. The van der Waals surface area contributed by atoms with Crippen LogP contribution < -0.4 is 0 Å². The minimum absolute atomic E-state index is 0.113. The van der Waals surface area contributed by atoms with Crippen molar-refractivity contribution < 1.29 is 13.9 Å². The third kappa shape index (κ3) is 3.61. The first-order chi connectivity index (χ1) is 8.95. The molecule has 1 unspecified atom stereocenters. The average molecular weight is 327 g/mol. The van der Waals surface area contributed by atoms with Gasteiger partial charge in [-0.2, -0.15) is 0 Å². The van der Waals surface area contributed by atoms with Gasteiger partial charge in [0.25, 0.3) is 0 Å². The van der Waals surface area contributed by atoms with E-state index in [1.54, 1.807) is 25.1 Å². The van der Waals surface area contributed by atoms with E-state index in [4.69, 9.17) is 0 Å². The van der Waals surface area contributed by atoms with Gasteiger partial charge in [0.15, 0.2) is 0 Å². The summed E-state index contributed by atoms with van der Waals surface area (Å²) >= 11 is 3.17. The second-order valence-electron chi connectivity index (χ2n) is 4.52. The Morgan fingerprint density at radius 1 is 1.16 bits per heavy atom. The van der Waals surface area contributed by atoms with Crippen molar-refractivity contribution in [3.8, 4) is 0 Å². The number of aliphatic hydroxyl groups excluding tert-OH is 1. The van der Waals surface area contributed by atoms with Crippen molar-refractivity contribution in [2.24, 2.45) is 0 Å². The lowest BCUT2D eigenvalue weighted by atomic mass is 9.99. The Kier molecular flexibility index (Phi) is 4.32. The van der Waals surface area contributed by atoms with Crippen LogP contribution in [-0.4, -0.2) is 5.11 Å². The van der Waals surface area contributed by atoms with Crippen LogP contribution in [0.1, 0.15) is 22.8 Å². The Hall–Kier alpha value is -1.26. The molecule has 2 aromatic carbocycles. The van der Waals surface area contributed by atoms with E-state index in [-0.39, 0.29) is 12.2 Å². The fraction of sp³-hybridized carbons (Fsp3) is 0.200. The summed E-state index contributed by atoms with van der Waals surface area (Å²) in [6.45, 7) is 1.75. The summed E-state index contributed by atoms with van der Waals surface area (Å²) in [5.41, 5.74) is 1.59. The maximum absolute atomic E-state index is 13.7. The zero-order valence-electron chi connectivity index (χ0n) is 10.3. The van der Waals surface area contributed by atoms with E-state index in [0.29, 0.717) is 15.6 Å². The summed E-state index contributed by atoms with van der Waals surface area (Å²) in [4.78, 5) is 0. The van der Waals surface area contributed by atoms with Crippen molar-refractivity contribution >= 4 is 15.9 Å². The monoisotopic (exact) mass is 326 g/mol. The molecule has 2 aromatic rings. The first kappa shape index (κ1) is 14.2. The number of halogens is 3. The summed E-state index contributed by atoms with van der Waals surface area (Å²) < 4.78 is 27.6. The van der Waals surface area contributed by atoms with Crippen LogP contribution >= 0.6 is 15.9 Å². The second-order valence-corrected chi connectivity index (χ2v) is 5.43. The lowest BCUT2D eigenvalue weighted by Gasteiger charge is -2.13. The molecule has 2 rings (SSSR count). The molecular weight excluding hydrogens is 314 g/mol. The molecule has 4 heteroatoms. The molecule has 0 aliphatic heterocycles. The van der Waals surface area contributed by atoms with Gasteiger partial charge < -0.3 is 5.11 Å². The van der Waals surface area contributed by atoms with Crippen molar-refractivity contribution in [1.29, 1.82) is 0 Å². The topological polar surface area (TPSA) is 20.2 Å². The summed E-state index contributed by atoms with van der Waals surface area (Å²) in [7, 11) is 0. The molecule has 0 aromatic heterocycles. The SMILES string of the molecule is Cc1cc(F)cc(C(O)Cc2ccc(Br)cc2F)c1. The van der Waals surface area contributed by atoms with Gasteiger partial charge in [0.1, 0.15) is 11.6 Å². The Labute approximate surface area is 119 Å². The van der Waals surface area contributed by atoms with E-state index in [2.05, 4.69) is 15.9 Å². The molecular formula is C15H13BrF2O. The average Bonchev–Trinajstić information content (AvgIpc) is 2.31. The quantitative estimate of drug-likeness (QED) is 0.891. The number of aliphatic hydroxyl groups is 1. The van der Waals surface area contributed by atoms with Gasteiger partial charge in [0.05, 0.1) is 6.10 Å². The second kappa shape index (κ2) is 5.80. The molecule has 0 fully saturated rings. The van der Waals surface area contributed by atoms with E-state index in [1.807, 2.05) is 0 Å². The molecule has 0 aliphatic carbocycles. The minimum Gasteiger partial charge on any atom is -0.388 e. The number of rotatable bonds is 3. The third-order valence-corrected chi connectivity index (χ3v) is 3.37. The number of aryl methyl sites for hydroxylation is 1. The van der Waals surface area contributed by atoms with Crippen LogP contribution in [0.15, 0.2) is 40.9 Å². The number of hydrogen-bond donors (Lipinski definition) is 1. The maximum atomic E-state index is 13.7. The molecule has 0 amide bonds. The first-order valence-corrected chi connectivity index (χ1v) is 6.64. The molecule has 1 nitrogen and oxygen atoms in total. The van der Waals surface area contributed by atoms with Gasteiger partial charge in [0.2, 0.25) is 0 Å². The highest BCUT2D eigenvalue weighted by atomic mass is 79.9. The summed E-state index contributed by atoms with van der Waals surface area (Å²) in [6.07, 6.45) is -0.813. The lowest BCUT2D eigenvalue weighted by molar-refractivity contribution is 0.176. The van der Waals surface area contributed by atoms with Crippen molar-refractivity contribution in [2.75, 3.05) is 0 Å². The smallest absolute Gasteiger partial charge is 0.127 e. The summed E-state index contributed by atoms with van der Waals surface area (Å²) in [5, 5.41) is 10.1. The van der Waals surface area contributed by atoms with Crippen LogP contribution in [0.4, 0.5) is 8.78 Å². The predicted octanol–water partition coefficient (Wildman–Crippen LogP) is 4.31. The van der Waals surface area contributed by atoms with Crippen molar-refractivity contribution in [3.63, 3.8) is 0 Å². The highest BCUT2D eigenvalue weighted by molar-refractivity contribution is 9.10. The molecule has 0 bridgehead atoms. The molecule has 1 atom stereocenters. The van der Waals surface area contributed by atoms with Crippen LogP contribution in [0, 0.1) is 18.6 Å². The highest BCUT2D eigenvalue weighted by Crippen LogP contribution is 2.23. The Balaban J connectivity index is 2.22. The number of benzene rings is 2. The number of hydrogen-bond acceptors (Lipinski definition) is 1. The van der Waals surface area contributed by atoms with Crippen LogP contribution in [0.3, 0.4) is 0 Å². The molecule has 0 aliphatic rings. The van der Waals surface area contributed by atoms with Crippen molar-refractivity contribution in [2.45, 2.75) is 19.4 Å². The fourth-order valence-corrected chi connectivity index (χ4v) is 2.30.